The van der Waals surface area contributed by atoms with E-state index in [0.717, 1.165) is 22.4 Å². The van der Waals surface area contributed by atoms with Gasteiger partial charge in [-0.3, -0.25) is 9.52 Å². The second kappa shape index (κ2) is 9.30. The third-order valence-electron chi connectivity index (χ3n) is 4.38. The SMILES string of the molecule is CS(=O)(=O)Nc1ccc(/C=C/C(=O)Nc2ccccc2SC2CCCC2)cc1. The number of para-hydroxylation sites is 1. The van der Waals surface area contributed by atoms with Crippen LogP contribution in [0.4, 0.5) is 11.4 Å². The van der Waals surface area contributed by atoms with Gasteiger partial charge in [0.25, 0.3) is 0 Å². The number of sulfonamides is 1. The highest BCUT2D eigenvalue weighted by molar-refractivity contribution is 8.00. The van der Waals surface area contributed by atoms with Crippen molar-refractivity contribution in [3.05, 3.63) is 60.2 Å². The summed E-state index contributed by atoms with van der Waals surface area (Å²) >= 11 is 1.85. The smallest absolute Gasteiger partial charge is 0.248 e. The number of hydrogen-bond acceptors (Lipinski definition) is 4. The van der Waals surface area contributed by atoms with Gasteiger partial charge in [0, 0.05) is 21.9 Å². The van der Waals surface area contributed by atoms with Crippen molar-refractivity contribution >= 4 is 45.1 Å². The lowest BCUT2D eigenvalue weighted by Gasteiger charge is -2.13. The van der Waals surface area contributed by atoms with Crippen LogP contribution in [-0.4, -0.2) is 25.8 Å². The summed E-state index contributed by atoms with van der Waals surface area (Å²) in [6, 6.07) is 14.7. The van der Waals surface area contributed by atoms with Crippen LogP contribution < -0.4 is 10.0 Å². The molecule has 0 atom stereocenters. The van der Waals surface area contributed by atoms with Crippen molar-refractivity contribution in [2.45, 2.75) is 35.8 Å². The molecule has 0 saturated heterocycles. The number of benzene rings is 2. The number of rotatable bonds is 7. The van der Waals surface area contributed by atoms with E-state index in [0.29, 0.717) is 10.9 Å². The minimum atomic E-state index is -3.30. The molecule has 0 aliphatic heterocycles. The van der Waals surface area contributed by atoms with Crippen molar-refractivity contribution < 1.29 is 13.2 Å². The standard InChI is InChI=1S/C21H24N2O3S2/c1-28(25,26)23-17-13-10-16(11-14-17)12-15-21(24)22-19-8-4-5-9-20(19)27-18-6-2-3-7-18/h4-5,8-15,18,23H,2-3,6-7H2,1H3,(H,22,24)/b15-12+. The fourth-order valence-corrected chi connectivity index (χ4v) is 4.98. The van der Waals surface area contributed by atoms with Gasteiger partial charge in [0.15, 0.2) is 0 Å². The van der Waals surface area contributed by atoms with Crippen LogP contribution >= 0.6 is 11.8 Å². The Morgan fingerprint density at radius 3 is 2.43 bits per heavy atom. The van der Waals surface area contributed by atoms with Crippen LogP contribution in [0.25, 0.3) is 6.08 Å². The van der Waals surface area contributed by atoms with Crippen molar-refractivity contribution in [2.24, 2.45) is 0 Å². The van der Waals surface area contributed by atoms with E-state index in [1.54, 1.807) is 30.3 Å². The average molecular weight is 417 g/mol. The fraction of sp³-hybridized carbons (Fsp3) is 0.286. The summed E-state index contributed by atoms with van der Waals surface area (Å²) < 4.78 is 24.9. The summed E-state index contributed by atoms with van der Waals surface area (Å²) in [5.74, 6) is -0.196. The number of thioether (sulfide) groups is 1. The van der Waals surface area contributed by atoms with Crippen molar-refractivity contribution in [3.63, 3.8) is 0 Å². The van der Waals surface area contributed by atoms with Gasteiger partial charge in [0.2, 0.25) is 15.9 Å². The van der Waals surface area contributed by atoms with Crippen molar-refractivity contribution in [1.82, 2.24) is 0 Å². The number of carbonyl (C=O) groups excluding carboxylic acids is 1. The van der Waals surface area contributed by atoms with Gasteiger partial charge in [-0.2, -0.15) is 0 Å². The Labute approximate surface area is 170 Å². The van der Waals surface area contributed by atoms with Gasteiger partial charge >= 0.3 is 0 Å². The van der Waals surface area contributed by atoms with E-state index in [2.05, 4.69) is 16.1 Å². The molecule has 1 saturated carbocycles. The largest absolute Gasteiger partial charge is 0.321 e. The summed E-state index contributed by atoms with van der Waals surface area (Å²) in [5.41, 5.74) is 2.13. The second-order valence-corrected chi connectivity index (χ2v) is 9.93. The third-order valence-corrected chi connectivity index (χ3v) is 6.40. The molecule has 0 bridgehead atoms. The van der Waals surface area contributed by atoms with Crippen molar-refractivity contribution in [3.8, 4) is 0 Å². The molecule has 2 N–H and O–H groups in total. The Hall–Kier alpha value is -2.25. The quantitative estimate of drug-likeness (QED) is 0.639. The number of amides is 1. The molecule has 0 spiro atoms. The summed E-state index contributed by atoms with van der Waals surface area (Å²) in [6.45, 7) is 0. The molecule has 148 valence electrons. The van der Waals surface area contributed by atoms with Crippen LogP contribution in [-0.2, 0) is 14.8 Å². The lowest BCUT2D eigenvalue weighted by atomic mass is 10.2. The van der Waals surface area contributed by atoms with E-state index >= 15 is 0 Å². The Balaban J connectivity index is 1.61. The van der Waals surface area contributed by atoms with Crippen molar-refractivity contribution in [1.29, 1.82) is 0 Å². The normalized spacial score (nSPS) is 15.0. The first-order valence-electron chi connectivity index (χ1n) is 9.22. The van der Waals surface area contributed by atoms with Gasteiger partial charge in [-0.25, -0.2) is 8.42 Å². The zero-order chi connectivity index (χ0) is 20.0. The Kier molecular flexibility index (Phi) is 6.80. The maximum atomic E-state index is 12.3. The number of anilines is 2. The van der Waals surface area contributed by atoms with Crippen LogP contribution in [0.5, 0.6) is 0 Å². The first-order valence-corrected chi connectivity index (χ1v) is 12.0. The summed E-state index contributed by atoms with van der Waals surface area (Å²) in [4.78, 5) is 13.4. The highest BCUT2D eigenvalue weighted by Crippen LogP contribution is 2.37. The summed E-state index contributed by atoms with van der Waals surface area (Å²) in [5, 5.41) is 3.59. The molecule has 1 amide bonds. The fourth-order valence-electron chi connectivity index (χ4n) is 3.08. The van der Waals surface area contributed by atoms with E-state index < -0.39 is 10.0 Å². The predicted octanol–water partition coefficient (Wildman–Crippen LogP) is 4.74. The van der Waals surface area contributed by atoms with Gasteiger partial charge in [0.1, 0.15) is 0 Å². The first-order chi connectivity index (χ1) is 13.4. The predicted molar refractivity (Wildman–Crippen MR) is 117 cm³/mol. The van der Waals surface area contributed by atoms with E-state index in [1.165, 1.54) is 31.8 Å². The highest BCUT2D eigenvalue weighted by Gasteiger charge is 2.17. The highest BCUT2D eigenvalue weighted by atomic mass is 32.2. The van der Waals surface area contributed by atoms with Crippen LogP contribution in [0.3, 0.4) is 0 Å². The van der Waals surface area contributed by atoms with Gasteiger partial charge in [-0.1, -0.05) is 37.1 Å². The molecule has 1 aliphatic rings. The van der Waals surface area contributed by atoms with E-state index in [1.807, 2.05) is 30.0 Å². The monoisotopic (exact) mass is 416 g/mol. The molecular formula is C21H24N2O3S2. The van der Waals surface area contributed by atoms with Crippen LogP contribution in [0.2, 0.25) is 0 Å². The van der Waals surface area contributed by atoms with Gasteiger partial charge < -0.3 is 5.32 Å². The molecule has 28 heavy (non-hydrogen) atoms. The minimum absolute atomic E-state index is 0.196. The molecule has 0 radical (unpaired) electrons. The topological polar surface area (TPSA) is 75.3 Å². The molecule has 1 aliphatic carbocycles. The molecule has 0 aromatic heterocycles. The van der Waals surface area contributed by atoms with Gasteiger partial charge in [-0.05, 0) is 48.7 Å². The van der Waals surface area contributed by atoms with E-state index in [9.17, 15) is 13.2 Å². The second-order valence-electron chi connectivity index (χ2n) is 6.84. The average Bonchev–Trinajstić information content (AvgIpc) is 3.15. The van der Waals surface area contributed by atoms with Crippen LogP contribution in [0, 0.1) is 0 Å². The number of nitrogens with one attached hydrogen (secondary N) is 2. The Bertz CT molecular complexity index is 948. The molecule has 3 rings (SSSR count). The Morgan fingerprint density at radius 2 is 1.75 bits per heavy atom. The first kappa shape index (κ1) is 20.5. The molecule has 1 fully saturated rings. The number of carbonyl (C=O) groups is 1. The van der Waals surface area contributed by atoms with Gasteiger partial charge in [0.05, 0.1) is 11.9 Å². The van der Waals surface area contributed by atoms with Crippen molar-refractivity contribution in [2.75, 3.05) is 16.3 Å². The van der Waals surface area contributed by atoms with Gasteiger partial charge in [-0.15, -0.1) is 11.8 Å². The lowest BCUT2D eigenvalue weighted by Crippen LogP contribution is -2.09. The third kappa shape index (κ3) is 6.42. The molecular weight excluding hydrogens is 392 g/mol. The zero-order valence-corrected chi connectivity index (χ0v) is 17.4. The molecule has 2 aromatic rings. The lowest BCUT2D eigenvalue weighted by molar-refractivity contribution is -0.111. The van der Waals surface area contributed by atoms with Crippen LogP contribution in [0.1, 0.15) is 31.2 Å². The molecule has 0 heterocycles. The molecule has 5 nitrogen and oxygen atoms in total. The maximum Gasteiger partial charge on any atom is 0.248 e. The van der Waals surface area contributed by atoms with E-state index in [-0.39, 0.29) is 5.91 Å². The zero-order valence-electron chi connectivity index (χ0n) is 15.7. The van der Waals surface area contributed by atoms with E-state index in [4.69, 9.17) is 0 Å². The molecule has 7 heteroatoms. The maximum absolute atomic E-state index is 12.3. The van der Waals surface area contributed by atoms with Crippen LogP contribution in [0.15, 0.2) is 59.5 Å². The number of hydrogen-bond donors (Lipinski definition) is 2. The molecule has 2 aromatic carbocycles. The summed E-state index contributed by atoms with van der Waals surface area (Å²) in [6.07, 6.45) is 9.32. The minimum Gasteiger partial charge on any atom is -0.321 e. The Morgan fingerprint density at radius 1 is 1.07 bits per heavy atom. The molecule has 0 unspecified atom stereocenters. The summed E-state index contributed by atoms with van der Waals surface area (Å²) in [7, 11) is -3.30.